The number of nitrogens with one attached hydrogen (secondary N) is 1. The predicted molar refractivity (Wildman–Crippen MR) is 153 cm³/mol. The van der Waals surface area contributed by atoms with Gasteiger partial charge in [0.15, 0.2) is 5.82 Å². The molecule has 6 aromatic rings. The van der Waals surface area contributed by atoms with Crippen molar-refractivity contribution < 1.29 is 19.2 Å². The molecule has 41 heavy (non-hydrogen) atoms. The maximum absolute atomic E-state index is 12.0. The van der Waals surface area contributed by atoms with Crippen LogP contribution in [0.4, 0.5) is 0 Å². The van der Waals surface area contributed by atoms with Crippen LogP contribution in [0.2, 0.25) is 0 Å². The Morgan fingerprint density at radius 2 is 1.76 bits per heavy atom. The van der Waals surface area contributed by atoms with Crippen LogP contribution in [0.25, 0.3) is 44.8 Å². The summed E-state index contributed by atoms with van der Waals surface area (Å²) < 4.78 is 12.3. The fourth-order valence-electron chi connectivity index (χ4n) is 4.89. The van der Waals surface area contributed by atoms with Gasteiger partial charge in [-0.2, -0.15) is 4.98 Å². The number of imidazole rings is 1. The summed E-state index contributed by atoms with van der Waals surface area (Å²) in [5.41, 5.74) is 7.19. The van der Waals surface area contributed by atoms with E-state index in [1.165, 1.54) is 0 Å². The van der Waals surface area contributed by atoms with E-state index in [9.17, 15) is 14.7 Å². The van der Waals surface area contributed by atoms with Crippen molar-refractivity contribution in [2.45, 2.75) is 20.4 Å². The van der Waals surface area contributed by atoms with E-state index in [1.807, 2.05) is 74.5 Å². The quantitative estimate of drug-likeness (QED) is 0.253. The molecular formula is C31H25N5O5. The van der Waals surface area contributed by atoms with E-state index in [0.29, 0.717) is 41.6 Å². The highest BCUT2D eigenvalue weighted by Crippen LogP contribution is 2.34. The molecule has 3 aromatic heterocycles. The number of carboxylic acids is 1. The summed E-state index contributed by atoms with van der Waals surface area (Å²) in [5, 5.41) is 13.7. The second-order valence-electron chi connectivity index (χ2n) is 9.46. The first kappa shape index (κ1) is 25.8. The average molecular weight is 548 g/mol. The van der Waals surface area contributed by atoms with Gasteiger partial charge in [0.05, 0.1) is 35.4 Å². The van der Waals surface area contributed by atoms with Crippen molar-refractivity contribution in [3.63, 3.8) is 0 Å². The van der Waals surface area contributed by atoms with E-state index in [4.69, 9.17) is 9.26 Å². The zero-order valence-corrected chi connectivity index (χ0v) is 22.3. The standard InChI is InChI=1S/C31H25N5O5/c1-3-40-30-33-26-9-5-7-23(29(37)38)27(26)36(30)17-19-10-12-20(13-11-19)24-16-21(25-8-4-6-18(2)32-25)14-15-22(24)28-34-31(39)41-35-28/h4-16H,3,17H2,1-2H3,(H,37,38)(H,34,35,39). The molecule has 2 N–H and O–H groups in total. The molecule has 6 rings (SSSR count). The number of ether oxygens (including phenoxy) is 1. The number of hydrogen-bond donors (Lipinski definition) is 2. The Labute approximate surface area is 233 Å². The fraction of sp³-hybridized carbons (Fsp3) is 0.129. The molecule has 0 fully saturated rings. The molecule has 0 amide bonds. The molecular weight excluding hydrogens is 522 g/mol. The summed E-state index contributed by atoms with van der Waals surface area (Å²) >= 11 is 0. The first-order valence-electron chi connectivity index (χ1n) is 13.0. The second-order valence-corrected chi connectivity index (χ2v) is 9.46. The van der Waals surface area contributed by atoms with Crippen LogP contribution in [0, 0.1) is 6.92 Å². The first-order chi connectivity index (χ1) is 19.9. The number of aryl methyl sites for hydroxylation is 1. The maximum atomic E-state index is 12.0. The van der Waals surface area contributed by atoms with Gasteiger partial charge in [-0.1, -0.05) is 47.6 Å². The van der Waals surface area contributed by atoms with Crippen LogP contribution in [0.15, 0.2) is 88.2 Å². The van der Waals surface area contributed by atoms with Crippen molar-refractivity contribution in [1.82, 2.24) is 24.7 Å². The molecule has 10 nitrogen and oxygen atoms in total. The first-order valence-corrected chi connectivity index (χ1v) is 13.0. The molecule has 0 saturated heterocycles. The van der Waals surface area contributed by atoms with Gasteiger partial charge in [0.2, 0.25) is 0 Å². The topological polar surface area (TPSA) is 136 Å². The zero-order chi connectivity index (χ0) is 28.5. The highest BCUT2D eigenvalue weighted by Gasteiger charge is 2.19. The number of carboxylic acid groups (broad SMARTS) is 1. The van der Waals surface area contributed by atoms with E-state index in [1.54, 1.807) is 22.8 Å². The number of nitrogens with zero attached hydrogens (tertiary/aromatic N) is 4. The minimum atomic E-state index is -1.03. The number of aromatic amines is 1. The van der Waals surface area contributed by atoms with Crippen LogP contribution in [0.3, 0.4) is 0 Å². The molecule has 3 aromatic carbocycles. The smallest absolute Gasteiger partial charge is 0.439 e. The van der Waals surface area contributed by atoms with Crippen LogP contribution in [0.1, 0.15) is 28.5 Å². The SMILES string of the molecule is CCOc1nc2cccc(C(=O)O)c2n1Cc1ccc(-c2cc(-c3cccc(C)n3)ccc2-c2noc(=O)[nH]2)cc1. The molecule has 204 valence electrons. The Morgan fingerprint density at radius 3 is 2.46 bits per heavy atom. The van der Waals surface area contributed by atoms with Crippen LogP contribution in [-0.4, -0.2) is 42.4 Å². The van der Waals surface area contributed by atoms with Gasteiger partial charge in [-0.05, 0) is 66.9 Å². The van der Waals surface area contributed by atoms with Crippen molar-refractivity contribution in [2.75, 3.05) is 6.61 Å². The van der Waals surface area contributed by atoms with Gasteiger partial charge in [-0.25, -0.2) is 9.59 Å². The van der Waals surface area contributed by atoms with Crippen LogP contribution in [0.5, 0.6) is 6.01 Å². The number of benzene rings is 3. The van der Waals surface area contributed by atoms with Gasteiger partial charge in [-0.15, -0.1) is 0 Å². The van der Waals surface area contributed by atoms with Gasteiger partial charge >= 0.3 is 11.7 Å². The van der Waals surface area contributed by atoms with Crippen molar-refractivity contribution in [1.29, 1.82) is 0 Å². The number of rotatable bonds is 8. The van der Waals surface area contributed by atoms with Gasteiger partial charge < -0.3 is 9.84 Å². The number of H-pyrrole nitrogens is 1. The van der Waals surface area contributed by atoms with E-state index < -0.39 is 11.7 Å². The second kappa shape index (κ2) is 10.6. The normalized spacial score (nSPS) is 11.2. The maximum Gasteiger partial charge on any atom is 0.439 e. The lowest BCUT2D eigenvalue weighted by atomic mass is 9.95. The Balaban J connectivity index is 1.42. The Morgan fingerprint density at radius 1 is 0.976 bits per heavy atom. The lowest BCUT2D eigenvalue weighted by Gasteiger charge is -2.13. The van der Waals surface area contributed by atoms with Crippen LogP contribution in [-0.2, 0) is 6.54 Å². The number of fused-ring (bicyclic) bond motifs is 1. The summed E-state index contributed by atoms with van der Waals surface area (Å²) in [5.74, 6) is -1.34. The van der Waals surface area contributed by atoms with Crippen molar-refractivity contribution in [3.05, 3.63) is 106 Å². The molecule has 0 spiro atoms. The van der Waals surface area contributed by atoms with Gasteiger partial charge in [0.25, 0.3) is 6.01 Å². The van der Waals surface area contributed by atoms with E-state index in [0.717, 1.165) is 33.6 Å². The number of aromatic nitrogens is 5. The third-order valence-electron chi connectivity index (χ3n) is 6.74. The van der Waals surface area contributed by atoms with Crippen molar-refractivity contribution in [3.8, 4) is 39.8 Å². The molecule has 10 heteroatoms. The molecule has 3 heterocycles. The third-order valence-corrected chi connectivity index (χ3v) is 6.74. The molecule has 0 bridgehead atoms. The van der Waals surface area contributed by atoms with Crippen molar-refractivity contribution in [2.24, 2.45) is 0 Å². The molecule has 0 aliphatic rings. The van der Waals surface area contributed by atoms with Gasteiger partial charge in [-0.3, -0.25) is 19.1 Å². The summed E-state index contributed by atoms with van der Waals surface area (Å²) in [6, 6.07) is 24.9. The molecule has 0 aliphatic heterocycles. The summed E-state index contributed by atoms with van der Waals surface area (Å²) in [6.45, 7) is 4.55. The molecule has 0 radical (unpaired) electrons. The summed E-state index contributed by atoms with van der Waals surface area (Å²) in [6.07, 6.45) is 0. The fourth-order valence-corrected chi connectivity index (χ4v) is 4.89. The largest absolute Gasteiger partial charge is 0.478 e. The van der Waals surface area contributed by atoms with Gasteiger partial charge in [0, 0.05) is 16.8 Å². The molecule has 0 saturated carbocycles. The molecule has 0 atom stereocenters. The Kier molecular flexibility index (Phi) is 6.64. The lowest BCUT2D eigenvalue weighted by molar-refractivity contribution is 0.0698. The van der Waals surface area contributed by atoms with Crippen molar-refractivity contribution >= 4 is 17.0 Å². The minimum absolute atomic E-state index is 0.158. The van der Waals surface area contributed by atoms with E-state index in [-0.39, 0.29) is 5.56 Å². The summed E-state index contributed by atoms with van der Waals surface area (Å²) in [4.78, 5) is 35.5. The Bertz CT molecular complexity index is 1950. The van der Waals surface area contributed by atoms with E-state index >= 15 is 0 Å². The third kappa shape index (κ3) is 4.98. The highest BCUT2D eigenvalue weighted by atomic mass is 16.5. The molecule has 0 unspecified atom stereocenters. The number of carbonyl (C=O) groups is 1. The highest BCUT2D eigenvalue weighted by molar-refractivity contribution is 6.01. The van der Waals surface area contributed by atoms with E-state index in [2.05, 4.69) is 20.1 Å². The monoisotopic (exact) mass is 547 g/mol. The number of hydrogen-bond acceptors (Lipinski definition) is 7. The number of pyridine rings is 1. The molecule has 0 aliphatic carbocycles. The van der Waals surface area contributed by atoms with Crippen LogP contribution < -0.4 is 10.5 Å². The van der Waals surface area contributed by atoms with Crippen LogP contribution >= 0.6 is 0 Å². The lowest BCUT2D eigenvalue weighted by Crippen LogP contribution is -2.08. The number of aromatic carboxylic acids is 1. The Hall–Kier alpha value is -5.51. The zero-order valence-electron chi connectivity index (χ0n) is 22.3. The van der Waals surface area contributed by atoms with Gasteiger partial charge in [0.1, 0.15) is 0 Å². The minimum Gasteiger partial charge on any atom is -0.478 e. The number of para-hydroxylation sites is 1. The summed E-state index contributed by atoms with van der Waals surface area (Å²) in [7, 11) is 0. The average Bonchev–Trinajstić information content (AvgIpc) is 3.56. The predicted octanol–water partition coefficient (Wildman–Crippen LogP) is 5.56.